The van der Waals surface area contributed by atoms with Crippen molar-refractivity contribution in [2.45, 2.75) is 38.7 Å². The summed E-state index contributed by atoms with van der Waals surface area (Å²) in [6.45, 7) is 3.32. The Balaban J connectivity index is 1.74. The van der Waals surface area contributed by atoms with Gasteiger partial charge >= 0.3 is 0 Å². The predicted octanol–water partition coefficient (Wildman–Crippen LogP) is 3.65. The number of rotatable bonds is 4. The number of H-pyrrole nitrogens is 1. The number of nitrogens with one attached hydrogen (secondary N) is 1. The molecule has 0 saturated carbocycles. The third-order valence-electron chi connectivity index (χ3n) is 4.57. The van der Waals surface area contributed by atoms with Crippen LogP contribution in [0, 0.1) is 12.7 Å². The molecule has 1 saturated heterocycles. The molecule has 1 aromatic heterocycles. The highest BCUT2D eigenvalue weighted by Crippen LogP contribution is 2.24. The van der Waals surface area contributed by atoms with E-state index in [4.69, 9.17) is 4.74 Å². The molecular formula is C18H23FN2O2. The van der Waals surface area contributed by atoms with Crippen LogP contribution in [0.3, 0.4) is 0 Å². The number of aromatic amines is 1. The van der Waals surface area contributed by atoms with Gasteiger partial charge in [-0.3, -0.25) is 4.79 Å². The lowest BCUT2D eigenvalue weighted by Gasteiger charge is -2.25. The Hall–Kier alpha value is -1.88. The predicted molar refractivity (Wildman–Crippen MR) is 88.2 cm³/mol. The maximum absolute atomic E-state index is 13.5. The van der Waals surface area contributed by atoms with Gasteiger partial charge in [-0.25, -0.2) is 4.39 Å². The monoisotopic (exact) mass is 318 g/mol. The van der Waals surface area contributed by atoms with Crippen LogP contribution in [0.2, 0.25) is 0 Å². The van der Waals surface area contributed by atoms with Crippen LogP contribution < -0.4 is 0 Å². The lowest BCUT2D eigenvalue weighted by atomic mass is 10.1. The Labute approximate surface area is 135 Å². The zero-order chi connectivity index (χ0) is 16.4. The first kappa shape index (κ1) is 16.0. The fourth-order valence-corrected chi connectivity index (χ4v) is 3.24. The van der Waals surface area contributed by atoms with Crippen LogP contribution in [-0.2, 0) is 4.74 Å². The molecule has 1 amide bonds. The van der Waals surface area contributed by atoms with Crippen LogP contribution in [-0.4, -0.2) is 42.1 Å². The minimum atomic E-state index is -0.330. The summed E-state index contributed by atoms with van der Waals surface area (Å²) in [4.78, 5) is 17.6. The lowest BCUT2D eigenvalue weighted by Crippen LogP contribution is -2.31. The molecule has 2 aromatic rings. The average molecular weight is 318 g/mol. The summed E-state index contributed by atoms with van der Waals surface area (Å²) >= 11 is 0. The number of ether oxygens (including phenoxy) is 1. The Morgan fingerprint density at radius 2 is 2.26 bits per heavy atom. The van der Waals surface area contributed by atoms with Crippen molar-refractivity contribution in [1.82, 2.24) is 9.88 Å². The lowest BCUT2D eigenvalue weighted by molar-refractivity contribution is 0.00710. The molecule has 1 aliphatic heterocycles. The van der Waals surface area contributed by atoms with E-state index >= 15 is 0 Å². The Morgan fingerprint density at radius 1 is 1.43 bits per heavy atom. The van der Waals surface area contributed by atoms with Crippen LogP contribution in [0.4, 0.5) is 4.39 Å². The molecule has 0 spiro atoms. The highest BCUT2D eigenvalue weighted by atomic mass is 19.1. The number of halogens is 1. The van der Waals surface area contributed by atoms with Crippen LogP contribution >= 0.6 is 0 Å². The molecule has 4 nitrogen and oxygen atoms in total. The van der Waals surface area contributed by atoms with E-state index in [1.807, 2.05) is 6.92 Å². The van der Waals surface area contributed by atoms with Gasteiger partial charge in [-0.15, -0.1) is 0 Å². The molecule has 1 aliphatic rings. The number of benzene rings is 1. The third kappa shape index (κ3) is 3.39. The van der Waals surface area contributed by atoms with Crippen molar-refractivity contribution in [3.05, 3.63) is 35.3 Å². The van der Waals surface area contributed by atoms with Crippen molar-refractivity contribution in [2.75, 3.05) is 20.2 Å². The molecule has 0 radical (unpaired) electrons. The summed E-state index contributed by atoms with van der Waals surface area (Å²) < 4.78 is 19.2. The second-order valence-electron chi connectivity index (χ2n) is 6.32. The van der Waals surface area contributed by atoms with Crippen molar-refractivity contribution in [3.63, 3.8) is 0 Å². The Bertz CT molecular complexity index is 704. The van der Waals surface area contributed by atoms with E-state index in [1.54, 1.807) is 18.0 Å². The van der Waals surface area contributed by atoms with Gasteiger partial charge in [-0.2, -0.15) is 0 Å². The van der Waals surface area contributed by atoms with Gasteiger partial charge in [-0.1, -0.05) is 0 Å². The highest BCUT2D eigenvalue weighted by Gasteiger charge is 2.21. The summed E-state index contributed by atoms with van der Waals surface area (Å²) in [5.41, 5.74) is 2.12. The summed E-state index contributed by atoms with van der Waals surface area (Å²) in [7, 11) is 1.79. The molecule has 3 rings (SSSR count). The van der Waals surface area contributed by atoms with Crippen molar-refractivity contribution in [3.8, 4) is 0 Å². The van der Waals surface area contributed by atoms with E-state index in [0.717, 1.165) is 37.1 Å². The van der Waals surface area contributed by atoms with Crippen LogP contribution in [0.5, 0.6) is 0 Å². The van der Waals surface area contributed by atoms with E-state index < -0.39 is 0 Å². The largest absolute Gasteiger partial charge is 0.378 e. The molecular weight excluding hydrogens is 295 g/mol. The maximum Gasteiger partial charge on any atom is 0.256 e. The summed E-state index contributed by atoms with van der Waals surface area (Å²) in [6.07, 6.45) is 4.49. The second kappa shape index (κ2) is 6.71. The minimum Gasteiger partial charge on any atom is -0.378 e. The fraction of sp³-hybridized carbons (Fsp3) is 0.500. The van der Waals surface area contributed by atoms with Gasteiger partial charge in [0, 0.05) is 36.8 Å². The first-order valence-corrected chi connectivity index (χ1v) is 8.21. The number of fused-ring (bicyclic) bond motifs is 1. The second-order valence-corrected chi connectivity index (χ2v) is 6.32. The van der Waals surface area contributed by atoms with Crippen molar-refractivity contribution in [1.29, 1.82) is 0 Å². The molecule has 1 fully saturated rings. The van der Waals surface area contributed by atoms with Crippen molar-refractivity contribution in [2.24, 2.45) is 0 Å². The quantitative estimate of drug-likeness (QED) is 0.935. The molecule has 1 aromatic carbocycles. The number of carbonyl (C=O) groups is 1. The molecule has 124 valence electrons. The van der Waals surface area contributed by atoms with Crippen LogP contribution in [0.25, 0.3) is 10.9 Å². The SMILES string of the molecule is Cc1[nH]c2ccc(F)cc2c1C(=O)N(C)CCC1CCCCO1. The number of amides is 1. The summed E-state index contributed by atoms with van der Waals surface area (Å²) in [5.74, 6) is -0.404. The van der Waals surface area contributed by atoms with Crippen molar-refractivity contribution < 1.29 is 13.9 Å². The van der Waals surface area contributed by atoms with Gasteiger partial charge in [-0.05, 0) is 50.8 Å². The van der Waals surface area contributed by atoms with Gasteiger partial charge in [0.05, 0.1) is 11.7 Å². The van der Waals surface area contributed by atoms with Gasteiger partial charge in [0.2, 0.25) is 0 Å². The highest BCUT2D eigenvalue weighted by molar-refractivity contribution is 6.08. The molecule has 0 aliphatic carbocycles. The zero-order valence-corrected chi connectivity index (χ0v) is 13.7. The number of nitrogens with zero attached hydrogens (tertiary/aromatic N) is 1. The first-order valence-electron chi connectivity index (χ1n) is 8.21. The fourth-order valence-electron chi connectivity index (χ4n) is 3.24. The van der Waals surface area contributed by atoms with Crippen LogP contribution in [0.15, 0.2) is 18.2 Å². The van der Waals surface area contributed by atoms with E-state index in [1.165, 1.54) is 18.6 Å². The normalized spacial score (nSPS) is 18.3. The zero-order valence-electron chi connectivity index (χ0n) is 13.7. The van der Waals surface area contributed by atoms with Crippen molar-refractivity contribution >= 4 is 16.8 Å². The topological polar surface area (TPSA) is 45.3 Å². The number of carbonyl (C=O) groups excluding carboxylic acids is 1. The van der Waals surface area contributed by atoms with Crippen LogP contribution in [0.1, 0.15) is 41.7 Å². The van der Waals surface area contributed by atoms with Gasteiger partial charge in [0.15, 0.2) is 0 Å². The Kier molecular flexibility index (Phi) is 4.66. The van der Waals surface area contributed by atoms with Gasteiger partial charge in [0.1, 0.15) is 5.82 Å². The standard InChI is InChI=1S/C18H23FN2O2/c1-12-17(15-11-13(19)6-7-16(15)20-12)18(22)21(2)9-8-14-5-3-4-10-23-14/h6-7,11,14,20H,3-5,8-10H2,1-2H3. The number of hydrogen-bond donors (Lipinski definition) is 1. The maximum atomic E-state index is 13.5. The molecule has 0 bridgehead atoms. The average Bonchev–Trinajstić information content (AvgIpc) is 2.88. The summed E-state index contributed by atoms with van der Waals surface area (Å²) in [5, 5.41) is 0.647. The number of aromatic nitrogens is 1. The number of hydrogen-bond acceptors (Lipinski definition) is 2. The third-order valence-corrected chi connectivity index (χ3v) is 4.57. The molecule has 2 heterocycles. The molecule has 1 atom stereocenters. The summed E-state index contributed by atoms with van der Waals surface area (Å²) in [6, 6.07) is 4.49. The molecule has 23 heavy (non-hydrogen) atoms. The smallest absolute Gasteiger partial charge is 0.256 e. The molecule has 1 N–H and O–H groups in total. The Morgan fingerprint density at radius 3 is 3.00 bits per heavy atom. The molecule has 1 unspecified atom stereocenters. The van der Waals surface area contributed by atoms with Gasteiger partial charge < -0.3 is 14.6 Å². The van der Waals surface area contributed by atoms with E-state index in [9.17, 15) is 9.18 Å². The molecule has 5 heteroatoms. The number of aryl methyl sites for hydroxylation is 1. The van der Waals surface area contributed by atoms with E-state index in [0.29, 0.717) is 17.5 Å². The van der Waals surface area contributed by atoms with E-state index in [2.05, 4.69) is 4.98 Å². The van der Waals surface area contributed by atoms with E-state index in [-0.39, 0.29) is 17.8 Å². The van der Waals surface area contributed by atoms with Gasteiger partial charge in [0.25, 0.3) is 5.91 Å². The first-order chi connectivity index (χ1) is 11.1. The minimum absolute atomic E-state index is 0.0739.